The van der Waals surface area contributed by atoms with Gasteiger partial charge in [0.25, 0.3) is 0 Å². The summed E-state index contributed by atoms with van der Waals surface area (Å²) in [6, 6.07) is 57.4. The SMILES string of the molecule is CC(C)c1ccc(C(c2ccccc2)c2cc3oc4cc(N(c5ccccc5)c5ccc(C(C)C)cc5)ccc4c3c3ccccc23)cc1. The van der Waals surface area contributed by atoms with E-state index in [9.17, 15) is 0 Å². The van der Waals surface area contributed by atoms with Crippen LogP contribution >= 0.6 is 0 Å². The predicted octanol–water partition coefficient (Wildman–Crippen LogP) is 13.6. The van der Waals surface area contributed by atoms with Gasteiger partial charge in [-0.2, -0.15) is 0 Å². The van der Waals surface area contributed by atoms with Crippen LogP contribution in [-0.2, 0) is 0 Å². The molecule has 1 atom stereocenters. The second-order valence-corrected chi connectivity index (χ2v) is 13.7. The maximum atomic E-state index is 6.86. The van der Waals surface area contributed by atoms with Gasteiger partial charge in [-0.25, -0.2) is 0 Å². The normalized spacial score (nSPS) is 12.4. The summed E-state index contributed by atoms with van der Waals surface area (Å²) in [5, 5.41) is 4.75. The Hall–Kier alpha value is -5.60. The minimum Gasteiger partial charge on any atom is -0.456 e. The Bertz CT molecular complexity index is 2370. The minimum atomic E-state index is 0.0582. The van der Waals surface area contributed by atoms with Gasteiger partial charge in [-0.15, -0.1) is 0 Å². The number of para-hydroxylation sites is 1. The van der Waals surface area contributed by atoms with E-state index in [2.05, 4.69) is 190 Å². The Balaban J connectivity index is 1.32. The van der Waals surface area contributed by atoms with Gasteiger partial charge in [0.15, 0.2) is 0 Å². The quantitative estimate of drug-likeness (QED) is 0.154. The second-order valence-electron chi connectivity index (χ2n) is 13.7. The first-order valence-corrected chi connectivity index (χ1v) is 17.4. The van der Waals surface area contributed by atoms with E-state index in [1.807, 2.05) is 0 Å². The summed E-state index contributed by atoms with van der Waals surface area (Å²) in [7, 11) is 0. The lowest BCUT2D eigenvalue weighted by molar-refractivity contribution is 0.668. The van der Waals surface area contributed by atoms with Crippen LogP contribution in [0.15, 0.2) is 162 Å². The first-order chi connectivity index (χ1) is 24.0. The Morgan fingerprint density at radius 3 is 1.57 bits per heavy atom. The van der Waals surface area contributed by atoms with Crippen molar-refractivity contribution in [3.05, 3.63) is 186 Å². The summed E-state index contributed by atoms with van der Waals surface area (Å²) in [5.41, 5.74) is 11.6. The highest BCUT2D eigenvalue weighted by Gasteiger charge is 2.23. The van der Waals surface area contributed by atoms with Crippen LogP contribution < -0.4 is 4.90 Å². The third kappa shape index (κ3) is 5.68. The molecule has 0 bridgehead atoms. The smallest absolute Gasteiger partial charge is 0.137 e. The summed E-state index contributed by atoms with van der Waals surface area (Å²) < 4.78 is 6.86. The van der Waals surface area contributed by atoms with Crippen molar-refractivity contribution in [1.29, 1.82) is 0 Å². The van der Waals surface area contributed by atoms with Crippen LogP contribution in [0.25, 0.3) is 32.7 Å². The van der Waals surface area contributed by atoms with Crippen LogP contribution in [0.1, 0.15) is 73.3 Å². The third-order valence-electron chi connectivity index (χ3n) is 9.97. The zero-order valence-corrected chi connectivity index (χ0v) is 28.6. The van der Waals surface area contributed by atoms with Crippen LogP contribution in [0, 0.1) is 0 Å². The Morgan fingerprint density at radius 1 is 0.408 bits per heavy atom. The van der Waals surface area contributed by atoms with Gasteiger partial charge < -0.3 is 9.32 Å². The molecule has 0 aliphatic rings. The highest BCUT2D eigenvalue weighted by molar-refractivity contribution is 6.20. The molecule has 0 spiro atoms. The number of rotatable bonds is 8. The number of hydrogen-bond acceptors (Lipinski definition) is 2. The van der Waals surface area contributed by atoms with Crippen LogP contribution in [0.5, 0.6) is 0 Å². The lowest BCUT2D eigenvalue weighted by atomic mass is 9.81. The Morgan fingerprint density at radius 2 is 0.918 bits per heavy atom. The second kappa shape index (κ2) is 12.8. The van der Waals surface area contributed by atoms with E-state index in [1.165, 1.54) is 38.6 Å². The van der Waals surface area contributed by atoms with Crippen LogP contribution in [0.2, 0.25) is 0 Å². The highest BCUT2D eigenvalue weighted by Crippen LogP contribution is 2.44. The molecule has 0 aliphatic heterocycles. The topological polar surface area (TPSA) is 16.4 Å². The third-order valence-corrected chi connectivity index (χ3v) is 9.97. The summed E-state index contributed by atoms with van der Waals surface area (Å²) in [6.45, 7) is 8.97. The zero-order valence-electron chi connectivity index (χ0n) is 28.6. The van der Waals surface area contributed by atoms with Gasteiger partial charge in [-0.3, -0.25) is 0 Å². The number of anilines is 3. The van der Waals surface area contributed by atoms with E-state index in [4.69, 9.17) is 4.42 Å². The average Bonchev–Trinajstić information content (AvgIpc) is 3.51. The Labute approximate surface area is 289 Å². The van der Waals surface area contributed by atoms with Crippen molar-refractivity contribution in [2.45, 2.75) is 45.4 Å². The van der Waals surface area contributed by atoms with E-state index >= 15 is 0 Å². The predicted molar refractivity (Wildman–Crippen MR) is 208 cm³/mol. The number of fused-ring (bicyclic) bond motifs is 5. The molecule has 2 heteroatoms. The molecule has 240 valence electrons. The maximum Gasteiger partial charge on any atom is 0.137 e. The molecule has 1 heterocycles. The van der Waals surface area contributed by atoms with Crippen molar-refractivity contribution in [3.63, 3.8) is 0 Å². The molecule has 0 radical (unpaired) electrons. The number of hydrogen-bond donors (Lipinski definition) is 0. The summed E-state index contributed by atoms with van der Waals surface area (Å²) in [6.07, 6.45) is 0. The van der Waals surface area contributed by atoms with Gasteiger partial charge in [-0.1, -0.05) is 137 Å². The van der Waals surface area contributed by atoms with Gasteiger partial charge >= 0.3 is 0 Å². The average molecular weight is 636 g/mol. The van der Waals surface area contributed by atoms with Crippen LogP contribution in [-0.4, -0.2) is 0 Å². The van der Waals surface area contributed by atoms with Crippen molar-refractivity contribution in [2.75, 3.05) is 4.90 Å². The maximum absolute atomic E-state index is 6.86. The van der Waals surface area contributed by atoms with Crippen molar-refractivity contribution in [3.8, 4) is 0 Å². The van der Waals surface area contributed by atoms with Crippen molar-refractivity contribution in [2.24, 2.45) is 0 Å². The summed E-state index contributed by atoms with van der Waals surface area (Å²) >= 11 is 0. The molecule has 0 aliphatic carbocycles. The molecule has 1 unspecified atom stereocenters. The fourth-order valence-electron chi connectivity index (χ4n) is 7.34. The van der Waals surface area contributed by atoms with Crippen molar-refractivity contribution in [1.82, 2.24) is 0 Å². The fraction of sp³-hybridized carbons (Fsp3) is 0.149. The molecule has 2 nitrogen and oxygen atoms in total. The fourth-order valence-corrected chi connectivity index (χ4v) is 7.34. The van der Waals surface area contributed by atoms with E-state index in [-0.39, 0.29) is 5.92 Å². The van der Waals surface area contributed by atoms with Crippen molar-refractivity contribution >= 4 is 49.8 Å². The minimum absolute atomic E-state index is 0.0582. The van der Waals surface area contributed by atoms with Gasteiger partial charge in [0.1, 0.15) is 11.2 Å². The molecular weight excluding hydrogens is 595 g/mol. The van der Waals surface area contributed by atoms with Gasteiger partial charge in [0.2, 0.25) is 0 Å². The Kier molecular flexibility index (Phi) is 8.01. The standard InChI is InChI=1S/C47H41NO/c1-31(2)33-19-21-36(22-20-33)46(35-13-7-5-8-14-35)43-30-45-47(41-18-12-11-17-40(41)43)42-28-27-39(29-44(42)49-45)48(37-15-9-6-10-16-37)38-25-23-34(24-26-38)32(3)4/h5-32,46H,1-4H3. The molecular formula is C47H41NO. The molecule has 0 fully saturated rings. The molecule has 8 aromatic rings. The van der Waals surface area contributed by atoms with Crippen LogP contribution in [0.3, 0.4) is 0 Å². The summed E-state index contributed by atoms with van der Waals surface area (Å²) in [4.78, 5) is 2.31. The molecule has 0 saturated heterocycles. The first-order valence-electron chi connectivity index (χ1n) is 17.4. The van der Waals surface area contributed by atoms with Gasteiger partial charge in [0.05, 0.1) is 0 Å². The molecule has 49 heavy (non-hydrogen) atoms. The number of nitrogens with zero attached hydrogens (tertiary/aromatic N) is 1. The molecule has 0 N–H and O–H groups in total. The molecule has 8 rings (SSSR count). The largest absolute Gasteiger partial charge is 0.456 e. The first kappa shape index (κ1) is 30.7. The lowest BCUT2D eigenvalue weighted by Crippen LogP contribution is -2.09. The van der Waals surface area contributed by atoms with Gasteiger partial charge in [0, 0.05) is 39.8 Å². The van der Waals surface area contributed by atoms with Crippen LogP contribution in [0.4, 0.5) is 17.1 Å². The number of benzene rings is 7. The highest BCUT2D eigenvalue weighted by atomic mass is 16.3. The monoisotopic (exact) mass is 635 g/mol. The van der Waals surface area contributed by atoms with E-state index in [1.54, 1.807) is 0 Å². The molecule has 7 aromatic carbocycles. The number of furan rings is 1. The summed E-state index contributed by atoms with van der Waals surface area (Å²) in [5.74, 6) is 1.02. The lowest BCUT2D eigenvalue weighted by Gasteiger charge is -2.25. The van der Waals surface area contributed by atoms with E-state index in [0.717, 1.165) is 39.0 Å². The van der Waals surface area contributed by atoms with E-state index < -0.39 is 0 Å². The molecule has 0 amide bonds. The molecule has 0 saturated carbocycles. The van der Waals surface area contributed by atoms with Gasteiger partial charge in [-0.05, 0) is 92.9 Å². The van der Waals surface area contributed by atoms with Crippen molar-refractivity contribution < 1.29 is 4.42 Å². The zero-order chi connectivity index (χ0) is 33.5. The molecule has 1 aromatic heterocycles. The van der Waals surface area contributed by atoms with E-state index in [0.29, 0.717) is 11.8 Å².